The van der Waals surface area contributed by atoms with Gasteiger partial charge in [0.2, 0.25) is 11.8 Å². The van der Waals surface area contributed by atoms with Gasteiger partial charge in [-0.15, -0.1) is 0 Å². The highest BCUT2D eigenvalue weighted by atomic mass is 79.9. The van der Waals surface area contributed by atoms with E-state index in [2.05, 4.69) is 21.2 Å². The lowest BCUT2D eigenvalue weighted by atomic mass is 10.1. The summed E-state index contributed by atoms with van der Waals surface area (Å²) in [5.74, 6) is -0.546. The molecule has 3 aromatic carbocycles. The second kappa shape index (κ2) is 13.7. The van der Waals surface area contributed by atoms with Gasteiger partial charge in [0.15, 0.2) is 0 Å². The van der Waals surface area contributed by atoms with Crippen molar-refractivity contribution in [2.75, 3.05) is 18.0 Å². The van der Waals surface area contributed by atoms with Crippen LogP contribution in [-0.4, -0.2) is 50.4 Å². The molecule has 1 unspecified atom stereocenters. The van der Waals surface area contributed by atoms with Gasteiger partial charge in [-0.25, -0.2) is 8.42 Å². The lowest BCUT2D eigenvalue weighted by Crippen LogP contribution is -2.54. The number of sulfonamides is 1. The second-order valence-electron chi connectivity index (χ2n) is 10.8. The lowest BCUT2D eigenvalue weighted by molar-refractivity contribution is -0.140. The van der Waals surface area contributed by atoms with Gasteiger partial charge in [-0.3, -0.25) is 13.9 Å². The van der Waals surface area contributed by atoms with Crippen LogP contribution in [0.3, 0.4) is 0 Å². The number of hydrogen-bond acceptors (Lipinski definition) is 5. The molecule has 8 nitrogen and oxygen atoms in total. The number of nitrogens with one attached hydrogen (secondary N) is 1. The molecule has 0 saturated heterocycles. The summed E-state index contributed by atoms with van der Waals surface area (Å²) in [6, 6.07) is 15.0. The average molecular weight is 699 g/mol. The van der Waals surface area contributed by atoms with Crippen molar-refractivity contribution in [2.24, 2.45) is 0 Å². The molecule has 42 heavy (non-hydrogen) atoms. The van der Waals surface area contributed by atoms with E-state index in [1.807, 2.05) is 27.7 Å². The van der Waals surface area contributed by atoms with E-state index in [-0.39, 0.29) is 17.1 Å². The Morgan fingerprint density at radius 1 is 1.02 bits per heavy atom. The van der Waals surface area contributed by atoms with E-state index in [1.165, 1.54) is 30.2 Å². The summed E-state index contributed by atoms with van der Waals surface area (Å²) >= 11 is 15.9. The van der Waals surface area contributed by atoms with Crippen molar-refractivity contribution >= 4 is 66.7 Å². The Labute approximate surface area is 266 Å². The van der Waals surface area contributed by atoms with Gasteiger partial charge in [-0.1, -0.05) is 47.0 Å². The maximum Gasteiger partial charge on any atom is 0.264 e. The fourth-order valence-electron chi connectivity index (χ4n) is 4.06. The van der Waals surface area contributed by atoms with Crippen molar-refractivity contribution in [1.82, 2.24) is 10.2 Å². The molecule has 3 aromatic rings. The van der Waals surface area contributed by atoms with E-state index in [0.717, 1.165) is 9.87 Å². The molecule has 0 spiro atoms. The van der Waals surface area contributed by atoms with Crippen molar-refractivity contribution in [3.63, 3.8) is 0 Å². The molecule has 0 aliphatic carbocycles. The number of methoxy groups -OCH3 is 1. The molecular formula is C30H34BrCl2N3O5S. The highest BCUT2D eigenvalue weighted by Crippen LogP contribution is 2.31. The Hall–Kier alpha value is -2.79. The predicted octanol–water partition coefficient (Wildman–Crippen LogP) is 6.60. The molecule has 0 aliphatic heterocycles. The third-order valence-corrected chi connectivity index (χ3v) is 9.31. The summed E-state index contributed by atoms with van der Waals surface area (Å²) in [5, 5.41) is 3.63. The molecule has 0 heterocycles. The number of amides is 2. The Morgan fingerprint density at radius 2 is 1.67 bits per heavy atom. The van der Waals surface area contributed by atoms with E-state index in [4.69, 9.17) is 27.9 Å². The van der Waals surface area contributed by atoms with Crippen molar-refractivity contribution in [1.29, 1.82) is 0 Å². The summed E-state index contributed by atoms with van der Waals surface area (Å²) in [4.78, 5) is 28.6. The zero-order chi connectivity index (χ0) is 31.4. The van der Waals surface area contributed by atoms with Crippen LogP contribution in [0.1, 0.15) is 38.8 Å². The molecule has 226 valence electrons. The average Bonchev–Trinajstić information content (AvgIpc) is 2.90. The summed E-state index contributed by atoms with van der Waals surface area (Å²) < 4.78 is 34.8. The number of benzene rings is 3. The first-order valence-corrected chi connectivity index (χ1v) is 16.0. The number of anilines is 1. The Bertz CT molecular complexity index is 1560. The minimum atomic E-state index is -4.25. The molecule has 1 atom stereocenters. The highest BCUT2D eigenvalue weighted by molar-refractivity contribution is 9.10. The lowest BCUT2D eigenvalue weighted by Gasteiger charge is -2.33. The summed E-state index contributed by atoms with van der Waals surface area (Å²) in [5.41, 5.74) is 1.20. The smallest absolute Gasteiger partial charge is 0.264 e. The summed E-state index contributed by atoms with van der Waals surface area (Å²) in [6.07, 6.45) is 0. The van der Waals surface area contributed by atoms with Crippen molar-refractivity contribution < 1.29 is 22.7 Å². The molecular weight excluding hydrogens is 665 g/mol. The highest BCUT2D eigenvalue weighted by Gasteiger charge is 2.34. The van der Waals surface area contributed by atoms with Gasteiger partial charge >= 0.3 is 0 Å². The number of carbonyl (C=O) groups is 2. The quantitative estimate of drug-likeness (QED) is 0.258. The van der Waals surface area contributed by atoms with Crippen LogP contribution in [0.15, 0.2) is 70.0 Å². The summed E-state index contributed by atoms with van der Waals surface area (Å²) in [6.45, 7) is 8.34. The first-order valence-electron chi connectivity index (χ1n) is 13.0. The van der Waals surface area contributed by atoms with Crippen LogP contribution < -0.4 is 14.4 Å². The van der Waals surface area contributed by atoms with Crippen LogP contribution in [-0.2, 0) is 26.2 Å². The minimum absolute atomic E-state index is 0.0469. The third-order valence-electron chi connectivity index (χ3n) is 6.33. The molecule has 0 radical (unpaired) electrons. The minimum Gasteiger partial charge on any atom is -0.496 e. The third kappa shape index (κ3) is 8.40. The number of hydrogen-bond donors (Lipinski definition) is 1. The zero-order valence-electron chi connectivity index (χ0n) is 24.2. The normalized spacial score (nSPS) is 12.4. The van der Waals surface area contributed by atoms with Gasteiger partial charge in [0.25, 0.3) is 10.0 Å². The van der Waals surface area contributed by atoms with Crippen molar-refractivity contribution in [3.8, 4) is 5.75 Å². The molecule has 12 heteroatoms. The second-order valence-corrected chi connectivity index (χ2v) is 14.4. The predicted molar refractivity (Wildman–Crippen MR) is 171 cm³/mol. The first-order chi connectivity index (χ1) is 19.5. The summed E-state index contributed by atoms with van der Waals surface area (Å²) in [7, 11) is -2.77. The Kier molecular flexibility index (Phi) is 11.0. The van der Waals surface area contributed by atoms with Gasteiger partial charge in [0.05, 0.1) is 22.2 Å². The molecule has 0 aromatic heterocycles. The molecule has 2 amide bonds. The molecule has 0 aliphatic rings. The van der Waals surface area contributed by atoms with Crippen molar-refractivity contribution in [2.45, 2.75) is 57.6 Å². The SMILES string of the molecule is COc1ccc(S(=O)(=O)N(CC(=O)N(Cc2ccc(Cl)cc2Cl)C(C)C(=O)NC(C)(C)C)c2ccc(C)cc2)cc1Br. The standard InChI is InChI=1S/C30H34BrCl2N3O5S/c1-19-7-11-23(12-8-19)36(42(39,40)24-13-14-27(41-6)25(31)16-24)18-28(37)35(20(2)29(38)34-30(3,4)5)17-21-9-10-22(32)15-26(21)33/h7-16,20H,17-18H2,1-6H3,(H,34,38). The van der Waals surface area contributed by atoms with Crippen LogP contribution in [0.25, 0.3) is 0 Å². The fourth-order valence-corrected chi connectivity index (χ4v) is 6.67. The van der Waals surface area contributed by atoms with Gasteiger partial charge in [-0.2, -0.15) is 0 Å². The Morgan fingerprint density at radius 3 is 2.21 bits per heavy atom. The first kappa shape index (κ1) is 33.7. The number of rotatable bonds is 10. The van der Waals surface area contributed by atoms with Crippen LogP contribution in [0, 0.1) is 6.92 Å². The van der Waals surface area contributed by atoms with Crippen LogP contribution in [0.5, 0.6) is 5.75 Å². The van der Waals surface area contributed by atoms with Crippen molar-refractivity contribution in [3.05, 3.63) is 86.3 Å². The number of ether oxygens (including phenoxy) is 1. The van der Waals surface area contributed by atoms with Gasteiger partial charge in [-0.05, 0) is 98.6 Å². The van der Waals surface area contributed by atoms with Crippen LogP contribution in [0.2, 0.25) is 10.0 Å². The number of aryl methyl sites for hydroxylation is 1. The molecule has 1 N–H and O–H groups in total. The Balaban J connectivity index is 2.08. The zero-order valence-corrected chi connectivity index (χ0v) is 28.2. The van der Waals surface area contributed by atoms with Crippen LogP contribution >= 0.6 is 39.1 Å². The monoisotopic (exact) mass is 697 g/mol. The molecule has 0 bridgehead atoms. The van der Waals surface area contributed by atoms with E-state index >= 15 is 0 Å². The van der Waals surface area contributed by atoms with E-state index in [9.17, 15) is 18.0 Å². The topological polar surface area (TPSA) is 96.0 Å². The maximum atomic E-state index is 14.1. The maximum absolute atomic E-state index is 14.1. The molecule has 3 rings (SSSR count). The number of halogens is 3. The van der Waals surface area contributed by atoms with E-state index in [0.29, 0.717) is 25.8 Å². The molecule has 0 fully saturated rings. The van der Waals surface area contributed by atoms with Gasteiger partial charge < -0.3 is 15.0 Å². The number of nitrogens with zero attached hydrogens (tertiary/aromatic N) is 2. The fraction of sp³-hybridized carbons (Fsp3) is 0.333. The van der Waals surface area contributed by atoms with E-state index < -0.39 is 40.0 Å². The number of carbonyl (C=O) groups excluding carboxylic acids is 2. The largest absolute Gasteiger partial charge is 0.496 e. The van der Waals surface area contributed by atoms with Crippen LogP contribution in [0.4, 0.5) is 5.69 Å². The van der Waals surface area contributed by atoms with E-state index in [1.54, 1.807) is 49.4 Å². The van der Waals surface area contributed by atoms with Gasteiger partial charge in [0.1, 0.15) is 18.3 Å². The van der Waals surface area contributed by atoms with Gasteiger partial charge in [0, 0.05) is 22.1 Å². The molecule has 0 saturated carbocycles.